The van der Waals surface area contributed by atoms with Crippen molar-refractivity contribution in [2.75, 3.05) is 0 Å². The fourth-order valence-electron chi connectivity index (χ4n) is 3.71. The van der Waals surface area contributed by atoms with Crippen molar-refractivity contribution in [3.8, 4) is 0 Å². The molecule has 0 spiro atoms. The molecule has 4 rings (SSSR count). The van der Waals surface area contributed by atoms with Crippen molar-refractivity contribution >= 4 is 5.91 Å². The van der Waals surface area contributed by atoms with Crippen molar-refractivity contribution in [2.24, 2.45) is 0 Å². The zero-order valence-electron chi connectivity index (χ0n) is 12.7. The minimum absolute atomic E-state index is 0.0360. The first-order chi connectivity index (χ1) is 11.0. The second kappa shape index (κ2) is 5.11. The molecule has 2 aliphatic rings. The maximum absolute atomic E-state index is 14.0. The average molecular weight is 318 g/mol. The van der Waals surface area contributed by atoms with Crippen molar-refractivity contribution in [1.82, 2.24) is 19.7 Å². The largest absolute Gasteiger partial charge is 0.330 e. The molecule has 2 unspecified atom stereocenters. The highest BCUT2D eigenvalue weighted by Crippen LogP contribution is 2.33. The number of amides is 1. The monoisotopic (exact) mass is 318 g/mol. The van der Waals surface area contributed by atoms with Crippen LogP contribution in [0.5, 0.6) is 0 Å². The van der Waals surface area contributed by atoms with E-state index in [4.69, 9.17) is 0 Å². The second-order valence-corrected chi connectivity index (χ2v) is 6.20. The van der Waals surface area contributed by atoms with E-state index in [1.165, 1.54) is 0 Å². The Balaban J connectivity index is 1.70. The number of fused-ring (bicyclic) bond motifs is 3. The van der Waals surface area contributed by atoms with Crippen LogP contribution in [-0.2, 0) is 13.0 Å². The van der Waals surface area contributed by atoms with Gasteiger partial charge in [-0.25, -0.2) is 8.78 Å². The number of hydrogen-bond acceptors (Lipinski definition) is 3. The molecule has 23 heavy (non-hydrogen) atoms. The maximum atomic E-state index is 14.0. The number of halogens is 2. The van der Waals surface area contributed by atoms with Gasteiger partial charge in [-0.15, -0.1) is 10.2 Å². The molecule has 3 heterocycles. The lowest BCUT2D eigenvalue weighted by Gasteiger charge is -2.28. The molecule has 120 valence electrons. The van der Waals surface area contributed by atoms with E-state index < -0.39 is 17.5 Å². The van der Waals surface area contributed by atoms with Crippen molar-refractivity contribution in [3.05, 3.63) is 47.0 Å². The zero-order valence-corrected chi connectivity index (χ0v) is 12.7. The third-order valence-electron chi connectivity index (χ3n) is 4.84. The Kier molecular flexibility index (Phi) is 3.18. The molecule has 2 aromatic rings. The number of hydrogen-bond donors (Lipinski definition) is 0. The Labute approximate surface area is 131 Å². The third kappa shape index (κ3) is 2.22. The quantitative estimate of drug-likeness (QED) is 0.809. The van der Waals surface area contributed by atoms with E-state index in [-0.39, 0.29) is 17.6 Å². The lowest BCUT2D eigenvalue weighted by atomic mass is 10.1. The van der Waals surface area contributed by atoms with E-state index in [0.29, 0.717) is 13.0 Å². The summed E-state index contributed by atoms with van der Waals surface area (Å²) in [6, 6.07) is 2.92. The van der Waals surface area contributed by atoms with Gasteiger partial charge < -0.3 is 9.47 Å². The highest BCUT2D eigenvalue weighted by molar-refractivity contribution is 5.95. The fraction of sp³-hybridized carbons (Fsp3) is 0.438. The number of carbonyl (C=O) groups is 1. The molecule has 5 nitrogen and oxygen atoms in total. The maximum Gasteiger partial charge on any atom is 0.257 e. The molecule has 2 bridgehead atoms. The lowest BCUT2D eigenvalue weighted by molar-refractivity contribution is 0.0660. The molecule has 1 aromatic heterocycles. The molecule has 0 saturated carbocycles. The van der Waals surface area contributed by atoms with Gasteiger partial charge in [-0.2, -0.15) is 0 Å². The minimum Gasteiger partial charge on any atom is -0.330 e. The molecule has 2 atom stereocenters. The summed E-state index contributed by atoms with van der Waals surface area (Å²) in [6.45, 7) is 2.49. The average Bonchev–Trinajstić information content (AvgIpc) is 3.00. The summed E-state index contributed by atoms with van der Waals surface area (Å²) >= 11 is 0. The highest BCUT2D eigenvalue weighted by atomic mass is 19.1. The van der Waals surface area contributed by atoms with E-state index >= 15 is 0 Å². The molecule has 1 fully saturated rings. The standard InChI is InChI=1S/C16H16F2N4O/c1-9-19-20-15-7-11-3-4-12(8-21(9)15)22(11)16(23)13-6-10(17)2-5-14(13)18/h2,5-6,11-12H,3-4,7-8H2,1H3. The third-order valence-corrected chi connectivity index (χ3v) is 4.84. The van der Waals surface area contributed by atoms with E-state index in [1.807, 2.05) is 11.5 Å². The summed E-state index contributed by atoms with van der Waals surface area (Å²) < 4.78 is 29.4. The molecule has 1 saturated heterocycles. The van der Waals surface area contributed by atoms with Gasteiger partial charge in [0.2, 0.25) is 0 Å². The number of nitrogens with zero attached hydrogens (tertiary/aromatic N) is 4. The number of benzene rings is 1. The molecule has 0 N–H and O–H groups in total. The fourth-order valence-corrected chi connectivity index (χ4v) is 3.71. The van der Waals surface area contributed by atoms with Gasteiger partial charge in [0.25, 0.3) is 5.91 Å². The van der Waals surface area contributed by atoms with Crippen LogP contribution in [0.4, 0.5) is 8.78 Å². The first-order valence-electron chi connectivity index (χ1n) is 7.71. The van der Waals surface area contributed by atoms with E-state index in [9.17, 15) is 13.6 Å². The number of carbonyl (C=O) groups excluding carboxylic acids is 1. The summed E-state index contributed by atoms with van der Waals surface area (Å²) in [6.07, 6.45) is 2.30. The zero-order chi connectivity index (χ0) is 16.1. The molecular formula is C16H16F2N4O. The van der Waals surface area contributed by atoms with Gasteiger partial charge in [-0.1, -0.05) is 0 Å². The van der Waals surface area contributed by atoms with Gasteiger partial charge in [0.15, 0.2) is 0 Å². The summed E-state index contributed by atoms with van der Waals surface area (Å²) in [5, 5.41) is 8.26. The van der Waals surface area contributed by atoms with Gasteiger partial charge in [-0.3, -0.25) is 4.79 Å². The van der Waals surface area contributed by atoms with E-state index in [1.54, 1.807) is 4.90 Å². The number of rotatable bonds is 1. The Morgan fingerprint density at radius 3 is 2.83 bits per heavy atom. The van der Waals surface area contributed by atoms with Gasteiger partial charge in [0.05, 0.1) is 11.6 Å². The summed E-state index contributed by atoms with van der Waals surface area (Å²) in [7, 11) is 0. The van der Waals surface area contributed by atoms with Crippen molar-refractivity contribution in [3.63, 3.8) is 0 Å². The van der Waals surface area contributed by atoms with Crippen molar-refractivity contribution in [1.29, 1.82) is 0 Å². The number of aryl methyl sites for hydroxylation is 1. The smallest absolute Gasteiger partial charge is 0.257 e. The SMILES string of the molecule is Cc1nnc2n1CC1CCC(C2)N1C(=O)c1cc(F)ccc1F. The predicted octanol–water partition coefficient (Wildman–Crippen LogP) is 2.09. The second-order valence-electron chi connectivity index (χ2n) is 6.20. The van der Waals surface area contributed by atoms with Crippen LogP contribution >= 0.6 is 0 Å². The van der Waals surface area contributed by atoms with Crippen LogP contribution in [0.1, 0.15) is 34.8 Å². The predicted molar refractivity (Wildman–Crippen MR) is 77.8 cm³/mol. The summed E-state index contributed by atoms with van der Waals surface area (Å²) in [5.41, 5.74) is -0.198. The normalized spacial score (nSPS) is 22.8. The van der Waals surface area contributed by atoms with Gasteiger partial charge in [0.1, 0.15) is 23.3 Å². The Morgan fingerprint density at radius 2 is 2.00 bits per heavy atom. The lowest BCUT2D eigenvalue weighted by Crippen LogP contribution is -2.42. The van der Waals surface area contributed by atoms with Crippen LogP contribution in [-0.4, -0.2) is 37.7 Å². The van der Waals surface area contributed by atoms with Crippen LogP contribution in [0, 0.1) is 18.6 Å². The molecule has 0 radical (unpaired) electrons. The van der Waals surface area contributed by atoms with E-state index in [0.717, 1.165) is 42.7 Å². The van der Waals surface area contributed by atoms with Gasteiger partial charge >= 0.3 is 0 Å². The van der Waals surface area contributed by atoms with Crippen LogP contribution in [0.25, 0.3) is 0 Å². The Morgan fingerprint density at radius 1 is 1.22 bits per heavy atom. The Hall–Kier alpha value is -2.31. The van der Waals surface area contributed by atoms with Crippen LogP contribution in [0.2, 0.25) is 0 Å². The summed E-state index contributed by atoms with van der Waals surface area (Å²) in [4.78, 5) is 14.5. The molecule has 7 heteroatoms. The first kappa shape index (κ1) is 14.3. The molecule has 1 aromatic carbocycles. The van der Waals surface area contributed by atoms with Crippen molar-refractivity contribution in [2.45, 2.75) is 44.8 Å². The van der Waals surface area contributed by atoms with Crippen LogP contribution < -0.4 is 0 Å². The molecular weight excluding hydrogens is 302 g/mol. The van der Waals surface area contributed by atoms with Crippen molar-refractivity contribution < 1.29 is 13.6 Å². The molecule has 0 aliphatic carbocycles. The van der Waals surface area contributed by atoms with Crippen LogP contribution in [0.15, 0.2) is 18.2 Å². The van der Waals surface area contributed by atoms with E-state index in [2.05, 4.69) is 10.2 Å². The minimum atomic E-state index is -0.685. The molecule has 1 amide bonds. The van der Waals surface area contributed by atoms with Gasteiger partial charge in [-0.05, 0) is 38.0 Å². The summed E-state index contributed by atoms with van der Waals surface area (Å²) in [5.74, 6) is -0.0597. The van der Waals surface area contributed by atoms with Gasteiger partial charge in [0, 0.05) is 19.0 Å². The Bertz CT molecular complexity index is 788. The number of aromatic nitrogens is 3. The first-order valence-corrected chi connectivity index (χ1v) is 7.71. The highest BCUT2D eigenvalue weighted by Gasteiger charge is 2.41. The van der Waals surface area contributed by atoms with Crippen LogP contribution in [0.3, 0.4) is 0 Å². The topological polar surface area (TPSA) is 51.0 Å². The molecule has 2 aliphatic heterocycles.